The smallest absolute Gasteiger partial charge is 0.257 e. The molecule has 4 nitrogen and oxygen atoms in total. The van der Waals surface area contributed by atoms with Gasteiger partial charge in [0.1, 0.15) is 0 Å². The summed E-state index contributed by atoms with van der Waals surface area (Å²) in [5.74, 6) is -0.115. The summed E-state index contributed by atoms with van der Waals surface area (Å²) >= 11 is 1.54. The molecule has 0 bridgehead atoms. The Morgan fingerprint density at radius 3 is 2.95 bits per heavy atom. The number of rotatable bonds is 2. The van der Waals surface area contributed by atoms with E-state index in [2.05, 4.69) is 10.3 Å². The Hall–Kier alpha value is -1.72. The molecule has 1 aromatic heterocycles. The fourth-order valence-corrected chi connectivity index (χ4v) is 3.31. The zero-order valence-electron chi connectivity index (χ0n) is 10.4. The van der Waals surface area contributed by atoms with Crippen LogP contribution < -0.4 is 11.1 Å². The third kappa shape index (κ3) is 2.67. The van der Waals surface area contributed by atoms with Gasteiger partial charge in [-0.3, -0.25) is 10.1 Å². The van der Waals surface area contributed by atoms with Crippen molar-refractivity contribution in [2.24, 2.45) is 5.73 Å². The first-order valence-electron chi connectivity index (χ1n) is 6.33. The summed E-state index contributed by atoms with van der Waals surface area (Å²) in [6.45, 7) is 0. The average Bonchev–Trinajstić information content (AvgIpc) is 2.81. The van der Waals surface area contributed by atoms with Gasteiger partial charge in [-0.1, -0.05) is 18.2 Å². The maximum atomic E-state index is 12.0. The number of hydrogen-bond donors (Lipinski definition) is 2. The summed E-state index contributed by atoms with van der Waals surface area (Å²) in [5, 5.41) is 3.53. The van der Waals surface area contributed by atoms with Crippen molar-refractivity contribution in [1.29, 1.82) is 0 Å². The monoisotopic (exact) mass is 273 g/mol. The van der Waals surface area contributed by atoms with Gasteiger partial charge in [-0.15, -0.1) is 11.3 Å². The van der Waals surface area contributed by atoms with E-state index in [1.807, 2.05) is 18.2 Å². The van der Waals surface area contributed by atoms with Gasteiger partial charge in [0.05, 0.1) is 5.69 Å². The third-order valence-corrected chi connectivity index (χ3v) is 4.27. The number of amides is 1. The van der Waals surface area contributed by atoms with E-state index in [1.54, 1.807) is 12.1 Å². The Morgan fingerprint density at radius 2 is 2.16 bits per heavy atom. The molecule has 0 fully saturated rings. The molecule has 3 rings (SSSR count). The van der Waals surface area contributed by atoms with E-state index in [4.69, 9.17) is 5.73 Å². The van der Waals surface area contributed by atoms with E-state index < -0.39 is 0 Å². The van der Waals surface area contributed by atoms with Crippen LogP contribution in [0, 0.1) is 0 Å². The lowest BCUT2D eigenvalue weighted by Crippen LogP contribution is -2.27. The number of nitrogens with zero attached hydrogens (tertiary/aromatic N) is 1. The van der Waals surface area contributed by atoms with Gasteiger partial charge >= 0.3 is 0 Å². The van der Waals surface area contributed by atoms with Gasteiger partial charge in [0.25, 0.3) is 5.91 Å². The predicted octanol–water partition coefficient (Wildman–Crippen LogP) is 2.21. The van der Waals surface area contributed by atoms with Gasteiger partial charge in [0.2, 0.25) is 0 Å². The lowest BCUT2D eigenvalue weighted by Gasteiger charge is -2.15. The van der Waals surface area contributed by atoms with E-state index >= 15 is 0 Å². The van der Waals surface area contributed by atoms with Crippen LogP contribution in [0.4, 0.5) is 5.13 Å². The molecule has 1 amide bonds. The van der Waals surface area contributed by atoms with Crippen LogP contribution in [0.25, 0.3) is 0 Å². The van der Waals surface area contributed by atoms with Crippen molar-refractivity contribution < 1.29 is 4.79 Å². The number of nitrogens with two attached hydrogens (primary N) is 1. The molecule has 0 unspecified atom stereocenters. The molecule has 19 heavy (non-hydrogen) atoms. The predicted molar refractivity (Wildman–Crippen MR) is 76.5 cm³/mol. The van der Waals surface area contributed by atoms with Gasteiger partial charge in [-0.25, -0.2) is 4.98 Å². The van der Waals surface area contributed by atoms with Crippen LogP contribution in [0.15, 0.2) is 30.3 Å². The number of carbonyl (C=O) groups excluding carboxylic acids is 1. The first kappa shape index (κ1) is 12.3. The fraction of sp³-hybridized carbons (Fsp3) is 0.286. The molecule has 1 heterocycles. The molecule has 1 atom stereocenters. The zero-order chi connectivity index (χ0) is 13.2. The summed E-state index contributed by atoms with van der Waals surface area (Å²) in [7, 11) is 0. The van der Waals surface area contributed by atoms with Gasteiger partial charge in [-0.05, 0) is 31.4 Å². The van der Waals surface area contributed by atoms with Gasteiger partial charge < -0.3 is 5.73 Å². The highest BCUT2D eigenvalue weighted by Gasteiger charge is 2.20. The van der Waals surface area contributed by atoms with Crippen molar-refractivity contribution in [3.05, 3.63) is 46.5 Å². The van der Waals surface area contributed by atoms with Crippen molar-refractivity contribution in [2.75, 3.05) is 5.32 Å². The van der Waals surface area contributed by atoms with E-state index in [-0.39, 0.29) is 11.9 Å². The number of fused-ring (bicyclic) bond motifs is 1. The number of nitrogens with one attached hydrogen (secondary N) is 1. The Morgan fingerprint density at radius 1 is 1.37 bits per heavy atom. The van der Waals surface area contributed by atoms with Gasteiger partial charge in [-0.2, -0.15) is 0 Å². The molecule has 0 aliphatic heterocycles. The quantitative estimate of drug-likeness (QED) is 0.881. The summed E-state index contributed by atoms with van der Waals surface area (Å²) in [6.07, 6.45) is 2.76. The Bertz CT molecular complexity index is 594. The molecule has 1 aromatic carbocycles. The Labute approximate surface area is 115 Å². The first-order valence-corrected chi connectivity index (χ1v) is 7.14. The highest BCUT2D eigenvalue weighted by Crippen LogP contribution is 2.29. The molecule has 0 spiro atoms. The fourth-order valence-electron chi connectivity index (χ4n) is 2.21. The molecular weight excluding hydrogens is 258 g/mol. The summed E-state index contributed by atoms with van der Waals surface area (Å²) in [5.41, 5.74) is 7.68. The summed E-state index contributed by atoms with van der Waals surface area (Å²) < 4.78 is 0. The molecule has 2 aromatic rings. The maximum Gasteiger partial charge on any atom is 0.257 e. The van der Waals surface area contributed by atoms with Crippen LogP contribution in [0.2, 0.25) is 0 Å². The molecule has 98 valence electrons. The number of thiazole rings is 1. The van der Waals surface area contributed by atoms with E-state index in [0.717, 1.165) is 25.0 Å². The largest absolute Gasteiger partial charge is 0.327 e. The Kier molecular flexibility index (Phi) is 3.31. The average molecular weight is 273 g/mol. The second-order valence-corrected chi connectivity index (χ2v) is 5.80. The highest BCUT2D eigenvalue weighted by molar-refractivity contribution is 7.15. The van der Waals surface area contributed by atoms with Crippen LogP contribution >= 0.6 is 11.3 Å². The normalized spacial score (nSPS) is 17.8. The number of aromatic nitrogens is 1. The zero-order valence-corrected chi connectivity index (χ0v) is 11.2. The number of hydrogen-bond acceptors (Lipinski definition) is 4. The molecule has 1 aliphatic rings. The molecule has 0 saturated carbocycles. The third-order valence-electron chi connectivity index (χ3n) is 3.23. The molecule has 0 radical (unpaired) electrons. The molecular formula is C14H15N3OS. The van der Waals surface area contributed by atoms with Crippen molar-refractivity contribution in [3.8, 4) is 0 Å². The maximum absolute atomic E-state index is 12.0. The molecule has 0 saturated heterocycles. The van der Waals surface area contributed by atoms with Gasteiger partial charge in [0, 0.05) is 16.5 Å². The number of anilines is 1. The van der Waals surface area contributed by atoms with Crippen LogP contribution in [-0.2, 0) is 12.8 Å². The number of carbonyl (C=O) groups is 1. The van der Waals surface area contributed by atoms with Crippen molar-refractivity contribution >= 4 is 22.4 Å². The van der Waals surface area contributed by atoms with Crippen molar-refractivity contribution in [2.45, 2.75) is 25.3 Å². The molecule has 3 N–H and O–H groups in total. The van der Waals surface area contributed by atoms with Crippen LogP contribution in [0.5, 0.6) is 0 Å². The topological polar surface area (TPSA) is 68.0 Å². The minimum absolute atomic E-state index is 0.115. The minimum Gasteiger partial charge on any atom is -0.327 e. The minimum atomic E-state index is -0.115. The van der Waals surface area contributed by atoms with Crippen LogP contribution in [0.3, 0.4) is 0 Å². The second-order valence-electron chi connectivity index (χ2n) is 4.71. The number of benzene rings is 1. The van der Waals surface area contributed by atoms with Crippen LogP contribution in [0.1, 0.15) is 27.3 Å². The lowest BCUT2D eigenvalue weighted by atomic mass is 9.99. The van der Waals surface area contributed by atoms with E-state index in [0.29, 0.717) is 10.7 Å². The highest BCUT2D eigenvalue weighted by atomic mass is 32.1. The van der Waals surface area contributed by atoms with E-state index in [1.165, 1.54) is 16.2 Å². The van der Waals surface area contributed by atoms with E-state index in [9.17, 15) is 4.79 Å². The summed E-state index contributed by atoms with van der Waals surface area (Å²) in [6, 6.07) is 9.39. The first-order chi connectivity index (χ1) is 9.22. The van der Waals surface area contributed by atoms with Crippen molar-refractivity contribution in [3.63, 3.8) is 0 Å². The van der Waals surface area contributed by atoms with Crippen LogP contribution in [-0.4, -0.2) is 16.9 Å². The SMILES string of the molecule is N[C@H]1CCc2nc(NC(=O)c3ccccc3)sc2C1. The lowest BCUT2D eigenvalue weighted by molar-refractivity contribution is 0.102. The summed E-state index contributed by atoms with van der Waals surface area (Å²) in [4.78, 5) is 17.7. The Balaban J connectivity index is 1.76. The van der Waals surface area contributed by atoms with Crippen molar-refractivity contribution in [1.82, 2.24) is 4.98 Å². The van der Waals surface area contributed by atoms with Gasteiger partial charge in [0.15, 0.2) is 5.13 Å². The number of aryl methyl sites for hydroxylation is 1. The standard InChI is InChI=1S/C14H15N3OS/c15-10-6-7-11-12(8-10)19-14(16-11)17-13(18)9-4-2-1-3-5-9/h1-5,10H,6-8,15H2,(H,16,17,18)/t10-/m0/s1. The molecule has 5 heteroatoms. The molecule has 1 aliphatic carbocycles. The second kappa shape index (κ2) is 5.11.